The Labute approximate surface area is 218 Å². The molecule has 4 aromatic rings. The highest BCUT2D eigenvalue weighted by molar-refractivity contribution is 7.61. The van der Waals surface area contributed by atoms with Crippen molar-refractivity contribution in [2.45, 2.75) is 18.8 Å². The van der Waals surface area contributed by atoms with Gasteiger partial charge in [-0.1, -0.05) is 89.4 Å². The molecule has 2 N–H and O–H groups in total. The molecule has 0 spiro atoms. The van der Waals surface area contributed by atoms with Crippen molar-refractivity contribution < 1.29 is 26.4 Å². The number of nitrogens with zero attached hydrogens (tertiary/aromatic N) is 1. The van der Waals surface area contributed by atoms with Gasteiger partial charge in [-0.25, -0.2) is 0 Å². The van der Waals surface area contributed by atoms with E-state index in [-0.39, 0.29) is 18.0 Å². The zero-order valence-corrected chi connectivity index (χ0v) is 20.6. The van der Waals surface area contributed by atoms with Gasteiger partial charge in [0.15, 0.2) is 0 Å². The monoisotopic (exact) mass is 537 g/mol. The number of alkyl halides is 3. The van der Waals surface area contributed by atoms with Gasteiger partial charge in [0.1, 0.15) is 0 Å². The minimum Gasteiger partial charge on any atom is -0.348 e. The van der Waals surface area contributed by atoms with Crippen LogP contribution in [0.2, 0.25) is 0 Å². The lowest BCUT2D eigenvalue weighted by Crippen LogP contribution is -2.26. The fraction of sp³-hybridized carbons (Fsp3) is 0.107. The van der Waals surface area contributed by atoms with Crippen LogP contribution in [0.4, 0.5) is 13.2 Å². The number of carbonyl (C=O) groups is 1. The number of benzene rings is 4. The summed E-state index contributed by atoms with van der Waals surface area (Å²) in [5, 5.41) is 2.87. The molecule has 0 saturated heterocycles. The van der Waals surface area contributed by atoms with E-state index in [9.17, 15) is 26.4 Å². The molecule has 1 unspecified atom stereocenters. The smallest absolute Gasteiger partial charge is 0.348 e. The maximum absolute atomic E-state index is 13.4. The molecule has 0 radical (unpaired) electrons. The molecule has 0 fully saturated rings. The molecule has 6 nitrogen and oxygen atoms in total. The van der Waals surface area contributed by atoms with Crippen LogP contribution >= 0.6 is 0 Å². The minimum absolute atomic E-state index is 0.0374. The number of halogens is 3. The number of nitrogens with one attached hydrogen (secondary N) is 2. The highest BCUT2D eigenvalue weighted by atomic mass is 32.2. The van der Waals surface area contributed by atoms with Crippen LogP contribution in [0.3, 0.4) is 0 Å². The molecule has 4 aromatic carbocycles. The second-order valence-electron chi connectivity index (χ2n) is 8.29. The van der Waals surface area contributed by atoms with Crippen LogP contribution in [0.1, 0.15) is 38.7 Å². The third-order valence-electron chi connectivity index (χ3n) is 5.87. The third-order valence-corrected chi connectivity index (χ3v) is 6.12. The van der Waals surface area contributed by atoms with E-state index in [0.717, 1.165) is 23.3 Å². The van der Waals surface area contributed by atoms with E-state index < -0.39 is 28.3 Å². The summed E-state index contributed by atoms with van der Waals surface area (Å²) < 4.78 is 65.7. The van der Waals surface area contributed by atoms with Crippen molar-refractivity contribution in [2.24, 2.45) is 4.47 Å². The maximum atomic E-state index is 13.4. The summed E-state index contributed by atoms with van der Waals surface area (Å²) in [5.74, 6) is -0.340. The first kappa shape index (κ1) is 26.8. The molecule has 4 rings (SSSR count). The second-order valence-corrected chi connectivity index (χ2v) is 8.90. The Kier molecular flexibility index (Phi) is 8.35. The molecule has 0 aliphatic rings. The van der Waals surface area contributed by atoms with Crippen molar-refractivity contribution in [3.05, 3.63) is 131 Å². The van der Waals surface area contributed by atoms with E-state index in [2.05, 4.69) is 15.2 Å². The molecule has 1 atom stereocenters. The zero-order valence-electron chi connectivity index (χ0n) is 19.8. The van der Waals surface area contributed by atoms with Crippen molar-refractivity contribution >= 4 is 16.4 Å². The number of amides is 1. The second kappa shape index (κ2) is 11.8. The third kappa shape index (κ3) is 6.53. The summed E-state index contributed by atoms with van der Waals surface area (Å²) in [7, 11) is -2.85. The number of hydrogen-bond acceptors (Lipinski definition) is 4. The summed E-state index contributed by atoms with van der Waals surface area (Å²) >= 11 is 0. The molecule has 0 aliphatic carbocycles. The largest absolute Gasteiger partial charge is 0.416 e. The Bertz CT molecular complexity index is 1570. The van der Waals surface area contributed by atoms with Crippen LogP contribution in [-0.4, -0.2) is 14.3 Å². The summed E-state index contributed by atoms with van der Waals surface area (Å²) in [6.45, 7) is 0.0374. The van der Waals surface area contributed by atoms with Crippen LogP contribution in [0.15, 0.2) is 108 Å². The van der Waals surface area contributed by atoms with E-state index >= 15 is 0 Å². The van der Waals surface area contributed by atoms with Crippen LogP contribution in [0.5, 0.6) is 0 Å². The van der Waals surface area contributed by atoms with Gasteiger partial charge in [0.25, 0.3) is 5.91 Å². The molecule has 0 bridgehead atoms. The molecule has 0 aromatic heterocycles. The number of rotatable bonds is 8. The fourth-order valence-corrected chi connectivity index (χ4v) is 4.30. The summed E-state index contributed by atoms with van der Waals surface area (Å²) in [6, 6.07) is 26.8. The van der Waals surface area contributed by atoms with Crippen LogP contribution < -0.4 is 10.7 Å². The van der Waals surface area contributed by atoms with Crippen LogP contribution in [0.25, 0.3) is 11.1 Å². The van der Waals surface area contributed by atoms with Crippen molar-refractivity contribution in [3.63, 3.8) is 0 Å². The summed E-state index contributed by atoms with van der Waals surface area (Å²) in [6.07, 6.45) is -4.58. The molecule has 10 heteroatoms. The van der Waals surface area contributed by atoms with Crippen molar-refractivity contribution in [1.82, 2.24) is 10.7 Å². The van der Waals surface area contributed by atoms with Gasteiger partial charge in [-0.2, -0.15) is 27.0 Å². The average Bonchev–Trinajstić information content (AvgIpc) is 2.92. The molecule has 38 heavy (non-hydrogen) atoms. The Balaban J connectivity index is 1.65. The molecular formula is C28H22F3N3O3S. The van der Waals surface area contributed by atoms with Crippen LogP contribution in [0, 0.1) is 0 Å². The molecule has 0 aliphatic heterocycles. The highest BCUT2D eigenvalue weighted by Crippen LogP contribution is 2.33. The van der Waals surface area contributed by atoms with Gasteiger partial charge in [-0.15, -0.1) is 0 Å². The van der Waals surface area contributed by atoms with E-state index in [4.69, 9.17) is 0 Å². The van der Waals surface area contributed by atoms with Gasteiger partial charge in [0.05, 0.1) is 11.6 Å². The first-order chi connectivity index (χ1) is 18.2. The lowest BCUT2D eigenvalue weighted by Gasteiger charge is -2.21. The normalized spacial score (nSPS) is 12.0. The Morgan fingerprint density at radius 2 is 1.53 bits per heavy atom. The Morgan fingerprint density at radius 3 is 2.26 bits per heavy atom. The van der Waals surface area contributed by atoms with Gasteiger partial charge in [-0.05, 0) is 46.0 Å². The predicted molar refractivity (Wildman–Crippen MR) is 137 cm³/mol. The van der Waals surface area contributed by atoms with Crippen molar-refractivity contribution in [2.75, 3.05) is 0 Å². The highest BCUT2D eigenvalue weighted by Gasteiger charge is 2.31. The first-order valence-electron chi connectivity index (χ1n) is 11.5. The fourth-order valence-electron chi connectivity index (χ4n) is 4.11. The molecule has 194 valence electrons. The zero-order chi connectivity index (χ0) is 27.1. The Hall–Kier alpha value is -4.28. The van der Waals surface area contributed by atoms with Crippen molar-refractivity contribution in [1.29, 1.82) is 0 Å². The Morgan fingerprint density at radius 1 is 0.842 bits per heavy atom. The maximum Gasteiger partial charge on any atom is 0.416 e. The van der Waals surface area contributed by atoms with Crippen molar-refractivity contribution in [3.8, 4) is 11.1 Å². The standard InChI is InChI=1S/C28H22F3N3O3S/c29-28(30,31)22-13-8-12-20(17-22)26(33-34-38(36)37)24-15-5-4-11-21(24)18-32-27(35)25-16-7-6-14-23(25)19-9-2-1-3-10-19/h1-17,26,33H,18H2,(H,32,35). The quantitative estimate of drug-likeness (QED) is 0.272. The van der Waals surface area contributed by atoms with E-state index in [1.54, 1.807) is 36.4 Å². The van der Waals surface area contributed by atoms with Gasteiger partial charge < -0.3 is 5.32 Å². The lowest BCUT2D eigenvalue weighted by molar-refractivity contribution is -0.137. The van der Waals surface area contributed by atoms with E-state index in [1.165, 1.54) is 12.1 Å². The van der Waals surface area contributed by atoms with Crippen LogP contribution in [-0.2, 0) is 23.2 Å². The van der Waals surface area contributed by atoms with Gasteiger partial charge in [0, 0.05) is 12.1 Å². The lowest BCUT2D eigenvalue weighted by atomic mass is 9.93. The van der Waals surface area contributed by atoms with Gasteiger partial charge >= 0.3 is 16.7 Å². The van der Waals surface area contributed by atoms with E-state index in [1.807, 2.05) is 42.5 Å². The molecule has 0 heterocycles. The average molecular weight is 538 g/mol. The molecular weight excluding hydrogens is 515 g/mol. The minimum atomic E-state index is -4.58. The predicted octanol–water partition coefficient (Wildman–Crippen LogP) is 5.96. The number of hydrogen-bond donors (Lipinski definition) is 2. The summed E-state index contributed by atoms with van der Waals surface area (Å²) in [4.78, 5) is 13.2. The molecule has 0 saturated carbocycles. The topological polar surface area (TPSA) is 87.6 Å². The van der Waals surface area contributed by atoms with Gasteiger partial charge in [-0.3, -0.25) is 4.79 Å². The van der Waals surface area contributed by atoms with E-state index in [0.29, 0.717) is 16.7 Å². The number of carbonyl (C=O) groups excluding carboxylic acids is 1. The summed E-state index contributed by atoms with van der Waals surface area (Å²) in [5.41, 5.74) is 4.83. The first-order valence-corrected chi connectivity index (χ1v) is 12.5. The molecule has 1 amide bonds. The SMILES string of the molecule is O=C(NCc1ccccc1C(NN=S(=O)=O)c1cccc(C(F)(F)F)c1)c1ccccc1-c1ccccc1. The van der Waals surface area contributed by atoms with Gasteiger partial charge in [0.2, 0.25) is 0 Å².